The number of anilines is 1. The number of aromatic nitrogens is 2. The molecule has 1 fully saturated rings. The SMILES string of the molecule is O=C(CCCn1c(SCC(=O)Nc2cccc(C(F)(F)F)c2)nc2ccccc2c1=O)NCC1CCCO1. The van der Waals surface area contributed by atoms with Gasteiger partial charge in [0.15, 0.2) is 5.16 Å². The smallest absolute Gasteiger partial charge is 0.376 e. The number of halogens is 3. The van der Waals surface area contributed by atoms with Crippen LogP contribution in [0.3, 0.4) is 0 Å². The number of hydrogen-bond donors (Lipinski definition) is 2. The Bertz CT molecular complexity index is 1360. The number of carbonyl (C=O) groups is 2. The highest BCUT2D eigenvalue weighted by Gasteiger charge is 2.30. The first-order valence-electron chi connectivity index (χ1n) is 12.2. The molecule has 1 aliphatic heterocycles. The zero-order valence-electron chi connectivity index (χ0n) is 20.4. The van der Waals surface area contributed by atoms with Gasteiger partial charge in [-0.1, -0.05) is 30.0 Å². The van der Waals surface area contributed by atoms with Crippen molar-refractivity contribution in [3.05, 3.63) is 64.4 Å². The molecule has 0 radical (unpaired) electrons. The Kier molecular flexibility index (Phi) is 9.05. The van der Waals surface area contributed by atoms with Gasteiger partial charge in [-0.2, -0.15) is 13.2 Å². The summed E-state index contributed by atoms with van der Waals surface area (Å²) < 4.78 is 45.8. The quantitative estimate of drug-likeness (QED) is 0.291. The molecule has 0 spiro atoms. The van der Waals surface area contributed by atoms with E-state index in [1.165, 1.54) is 16.7 Å². The van der Waals surface area contributed by atoms with E-state index < -0.39 is 17.6 Å². The summed E-state index contributed by atoms with van der Waals surface area (Å²) in [6, 6.07) is 11.2. The Morgan fingerprint density at radius 2 is 1.95 bits per heavy atom. The highest BCUT2D eigenvalue weighted by atomic mass is 32.2. The molecule has 1 saturated heterocycles. The van der Waals surface area contributed by atoms with Crippen molar-refractivity contribution < 1.29 is 27.5 Å². The molecule has 0 bridgehead atoms. The van der Waals surface area contributed by atoms with E-state index in [1.54, 1.807) is 24.3 Å². The normalized spacial score (nSPS) is 15.5. The predicted octanol–water partition coefficient (Wildman–Crippen LogP) is 4.22. The number of para-hydroxylation sites is 1. The second-order valence-electron chi connectivity index (χ2n) is 8.83. The molecule has 38 heavy (non-hydrogen) atoms. The molecule has 2 amide bonds. The molecule has 2 N–H and O–H groups in total. The van der Waals surface area contributed by atoms with Crippen molar-refractivity contribution in [3.63, 3.8) is 0 Å². The van der Waals surface area contributed by atoms with Crippen molar-refractivity contribution in [3.8, 4) is 0 Å². The van der Waals surface area contributed by atoms with Crippen LogP contribution < -0.4 is 16.2 Å². The summed E-state index contributed by atoms with van der Waals surface area (Å²) in [7, 11) is 0. The van der Waals surface area contributed by atoms with Crippen molar-refractivity contribution in [1.29, 1.82) is 0 Å². The molecule has 2 heterocycles. The number of rotatable bonds is 10. The molecule has 0 saturated carbocycles. The Hall–Kier alpha value is -3.38. The second kappa shape index (κ2) is 12.4. The van der Waals surface area contributed by atoms with E-state index >= 15 is 0 Å². The molecule has 1 atom stereocenters. The fourth-order valence-electron chi connectivity index (χ4n) is 4.07. The lowest BCUT2D eigenvalue weighted by molar-refractivity contribution is -0.137. The number of amides is 2. The van der Waals surface area contributed by atoms with E-state index in [0.29, 0.717) is 30.5 Å². The van der Waals surface area contributed by atoms with Gasteiger partial charge in [0.1, 0.15) is 0 Å². The zero-order valence-corrected chi connectivity index (χ0v) is 21.2. The van der Waals surface area contributed by atoms with Gasteiger partial charge in [-0.25, -0.2) is 4.98 Å². The van der Waals surface area contributed by atoms with Crippen molar-refractivity contribution in [1.82, 2.24) is 14.9 Å². The Labute approximate surface area is 221 Å². The van der Waals surface area contributed by atoms with Crippen LogP contribution in [0.15, 0.2) is 58.5 Å². The molecule has 12 heteroatoms. The lowest BCUT2D eigenvalue weighted by Crippen LogP contribution is -2.32. The number of benzene rings is 2. The van der Waals surface area contributed by atoms with Gasteiger partial charge in [-0.3, -0.25) is 19.0 Å². The van der Waals surface area contributed by atoms with Crippen molar-refractivity contribution in [2.24, 2.45) is 0 Å². The Morgan fingerprint density at radius 1 is 1.13 bits per heavy atom. The Balaban J connectivity index is 1.41. The lowest BCUT2D eigenvalue weighted by atomic mass is 10.2. The average molecular weight is 549 g/mol. The standard InChI is InChI=1S/C26H27F3N4O4S/c27-26(28,29)17-6-3-7-18(14-17)31-23(35)16-38-25-32-21-10-2-1-9-20(21)24(36)33(25)12-4-11-22(34)30-15-19-8-5-13-37-19/h1-3,6-7,9-10,14,19H,4-5,8,11-13,15-16H2,(H,30,34)(H,31,35). The van der Waals surface area contributed by atoms with Crippen LogP contribution in [-0.2, 0) is 27.0 Å². The second-order valence-corrected chi connectivity index (χ2v) is 9.77. The zero-order chi connectivity index (χ0) is 27.1. The van der Waals surface area contributed by atoms with E-state index in [-0.39, 0.29) is 47.1 Å². The minimum absolute atomic E-state index is 0.0169. The molecule has 1 aromatic heterocycles. The fourth-order valence-corrected chi connectivity index (χ4v) is 4.90. The predicted molar refractivity (Wildman–Crippen MR) is 138 cm³/mol. The third kappa shape index (κ3) is 7.35. The van der Waals surface area contributed by atoms with Crippen LogP contribution in [0.25, 0.3) is 10.9 Å². The number of thioether (sulfide) groups is 1. The van der Waals surface area contributed by atoms with Crippen molar-refractivity contribution >= 4 is 40.2 Å². The van der Waals surface area contributed by atoms with Crippen LogP contribution in [0, 0.1) is 0 Å². The largest absolute Gasteiger partial charge is 0.416 e. The molecule has 0 aliphatic carbocycles. The third-order valence-corrected chi connectivity index (χ3v) is 6.95. The van der Waals surface area contributed by atoms with E-state index in [0.717, 1.165) is 36.7 Å². The number of ether oxygens (including phenoxy) is 1. The van der Waals surface area contributed by atoms with E-state index in [4.69, 9.17) is 4.74 Å². The van der Waals surface area contributed by atoms with Gasteiger partial charge in [-0.15, -0.1) is 0 Å². The molecular weight excluding hydrogens is 521 g/mol. The summed E-state index contributed by atoms with van der Waals surface area (Å²) >= 11 is 1.000. The number of nitrogens with one attached hydrogen (secondary N) is 2. The maximum Gasteiger partial charge on any atom is 0.416 e. The molecule has 1 aliphatic rings. The van der Waals surface area contributed by atoms with E-state index in [2.05, 4.69) is 15.6 Å². The van der Waals surface area contributed by atoms with Crippen LogP contribution in [-0.4, -0.2) is 46.4 Å². The van der Waals surface area contributed by atoms with Gasteiger partial charge in [0.05, 0.1) is 28.3 Å². The van der Waals surface area contributed by atoms with Crippen LogP contribution in [0.4, 0.5) is 18.9 Å². The van der Waals surface area contributed by atoms with Crippen LogP contribution in [0.1, 0.15) is 31.2 Å². The summed E-state index contributed by atoms with van der Waals surface area (Å²) in [5.41, 5.74) is -0.684. The van der Waals surface area contributed by atoms with Gasteiger partial charge >= 0.3 is 6.18 Å². The number of fused-ring (bicyclic) bond motifs is 1. The lowest BCUT2D eigenvalue weighted by Gasteiger charge is -2.14. The first-order chi connectivity index (χ1) is 18.2. The average Bonchev–Trinajstić information content (AvgIpc) is 3.41. The minimum atomic E-state index is -4.53. The first kappa shape index (κ1) is 27.6. The number of alkyl halides is 3. The van der Waals surface area contributed by atoms with Crippen LogP contribution in [0.5, 0.6) is 0 Å². The summed E-state index contributed by atoms with van der Waals surface area (Å²) in [6.07, 6.45) is -2.01. The highest BCUT2D eigenvalue weighted by Crippen LogP contribution is 2.30. The third-order valence-electron chi connectivity index (χ3n) is 5.97. The van der Waals surface area contributed by atoms with Gasteiger partial charge in [0, 0.05) is 31.8 Å². The summed E-state index contributed by atoms with van der Waals surface area (Å²) in [6.45, 7) is 1.37. The van der Waals surface area contributed by atoms with Gasteiger partial charge in [0.25, 0.3) is 5.56 Å². The van der Waals surface area contributed by atoms with Gasteiger partial charge in [-0.05, 0) is 49.6 Å². The Morgan fingerprint density at radius 3 is 2.71 bits per heavy atom. The molecule has 8 nitrogen and oxygen atoms in total. The molecule has 202 valence electrons. The molecule has 4 rings (SSSR count). The van der Waals surface area contributed by atoms with Gasteiger partial charge in [0.2, 0.25) is 11.8 Å². The summed E-state index contributed by atoms with van der Waals surface area (Å²) in [4.78, 5) is 42.5. The van der Waals surface area contributed by atoms with Crippen molar-refractivity contribution in [2.75, 3.05) is 24.2 Å². The monoisotopic (exact) mass is 548 g/mol. The molecule has 2 aromatic carbocycles. The summed E-state index contributed by atoms with van der Waals surface area (Å²) in [5.74, 6) is -0.864. The van der Waals surface area contributed by atoms with E-state index in [1.807, 2.05) is 0 Å². The van der Waals surface area contributed by atoms with Crippen LogP contribution in [0.2, 0.25) is 0 Å². The fraction of sp³-hybridized carbons (Fsp3) is 0.385. The highest BCUT2D eigenvalue weighted by molar-refractivity contribution is 7.99. The summed E-state index contributed by atoms with van der Waals surface area (Å²) in [5, 5.41) is 6.00. The van der Waals surface area contributed by atoms with Crippen molar-refractivity contribution in [2.45, 2.75) is 49.7 Å². The number of hydrogen-bond acceptors (Lipinski definition) is 6. The minimum Gasteiger partial charge on any atom is -0.376 e. The molecule has 1 unspecified atom stereocenters. The molecular formula is C26H27F3N4O4S. The molecule has 3 aromatic rings. The van der Waals surface area contributed by atoms with Crippen LogP contribution >= 0.6 is 11.8 Å². The maximum absolute atomic E-state index is 13.2. The maximum atomic E-state index is 13.2. The van der Waals surface area contributed by atoms with Gasteiger partial charge < -0.3 is 15.4 Å². The van der Waals surface area contributed by atoms with E-state index in [9.17, 15) is 27.6 Å². The number of carbonyl (C=O) groups excluding carboxylic acids is 2. The number of nitrogens with zero attached hydrogens (tertiary/aromatic N) is 2. The first-order valence-corrected chi connectivity index (χ1v) is 13.2. The topological polar surface area (TPSA) is 102 Å².